The zero-order valence-corrected chi connectivity index (χ0v) is 22.0. The maximum atomic E-state index is 13.4. The molecule has 1 aromatic heterocycles. The van der Waals surface area contributed by atoms with Crippen molar-refractivity contribution in [3.8, 4) is 11.3 Å². The highest BCUT2D eigenvalue weighted by Gasteiger charge is 2.32. The van der Waals surface area contributed by atoms with Crippen molar-refractivity contribution in [2.24, 2.45) is 0 Å². The minimum Gasteiger partial charge on any atom is -0.361 e. The standard InChI is InChI=1S/C27H26ClN3O2S2/c1-18-5-3-4-6-25(18)35(32,33)31-16-14-21-17-22(9-12-24(21)31)26-19(2)34-27(30-26)29-15-13-20-7-10-23(28)11-8-20/h3-12,17H,13-16H2,1-2H3,(H,29,30). The molecule has 1 aliphatic rings. The van der Waals surface area contributed by atoms with Crippen LogP contribution in [0.3, 0.4) is 0 Å². The number of aromatic nitrogens is 1. The number of nitrogens with one attached hydrogen (secondary N) is 1. The third-order valence-electron chi connectivity index (χ3n) is 6.27. The van der Waals surface area contributed by atoms with E-state index in [0.29, 0.717) is 17.9 Å². The summed E-state index contributed by atoms with van der Waals surface area (Å²) in [7, 11) is -3.60. The number of benzene rings is 3. The topological polar surface area (TPSA) is 62.3 Å². The highest BCUT2D eigenvalue weighted by atomic mass is 35.5. The molecule has 5 nitrogen and oxygen atoms in total. The summed E-state index contributed by atoms with van der Waals surface area (Å²) in [5.74, 6) is 0. The lowest BCUT2D eigenvalue weighted by molar-refractivity contribution is 0.591. The van der Waals surface area contributed by atoms with Crippen LogP contribution in [0.15, 0.2) is 71.6 Å². The van der Waals surface area contributed by atoms with Crippen molar-refractivity contribution in [3.05, 3.63) is 93.3 Å². The van der Waals surface area contributed by atoms with Gasteiger partial charge in [0.25, 0.3) is 10.0 Å². The summed E-state index contributed by atoms with van der Waals surface area (Å²) >= 11 is 7.60. The summed E-state index contributed by atoms with van der Waals surface area (Å²) in [6.07, 6.45) is 1.57. The second-order valence-corrected chi connectivity index (χ2v) is 12.1. The Kier molecular flexibility index (Phi) is 6.57. The Morgan fingerprint density at radius 3 is 2.60 bits per heavy atom. The SMILES string of the molecule is Cc1ccccc1S(=O)(=O)N1CCc2cc(-c3nc(NCCc4ccc(Cl)cc4)sc3C)ccc21. The van der Waals surface area contributed by atoms with Crippen molar-refractivity contribution < 1.29 is 8.42 Å². The van der Waals surface area contributed by atoms with Crippen LogP contribution in [-0.2, 0) is 22.9 Å². The van der Waals surface area contributed by atoms with Gasteiger partial charge in [0.2, 0.25) is 0 Å². The number of anilines is 2. The second kappa shape index (κ2) is 9.64. The van der Waals surface area contributed by atoms with Gasteiger partial charge in [0.05, 0.1) is 16.3 Å². The molecule has 0 atom stereocenters. The van der Waals surface area contributed by atoms with E-state index in [-0.39, 0.29) is 0 Å². The molecule has 180 valence electrons. The first-order valence-corrected chi connectivity index (χ1v) is 14.1. The predicted octanol–water partition coefficient (Wildman–Crippen LogP) is 6.49. The molecule has 0 amide bonds. The molecule has 2 heterocycles. The minimum absolute atomic E-state index is 0.363. The largest absolute Gasteiger partial charge is 0.361 e. The van der Waals surface area contributed by atoms with Gasteiger partial charge in [0, 0.05) is 28.6 Å². The maximum absolute atomic E-state index is 13.4. The van der Waals surface area contributed by atoms with Gasteiger partial charge in [-0.25, -0.2) is 13.4 Å². The van der Waals surface area contributed by atoms with Crippen LogP contribution in [0.25, 0.3) is 11.3 Å². The van der Waals surface area contributed by atoms with E-state index in [2.05, 4.69) is 18.3 Å². The van der Waals surface area contributed by atoms with Gasteiger partial charge in [-0.1, -0.05) is 48.0 Å². The highest BCUT2D eigenvalue weighted by molar-refractivity contribution is 7.93. The fourth-order valence-corrected chi connectivity index (χ4v) is 7.16. The van der Waals surface area contributed by atoms with Crippen LogP contribution in [0.5, 0.6) is 0 Å². The first kappa shape index (κ1) is 23.9. The summed E-state index contributed by atoms with van der Waals surface area (Å²) in [6, 6.07) is 21.0. The van der Waals surface area contributed by atoms with Crippen LogP contribution in [0, 0.1) is 13.8 Å². The van der Waals surface area contributed by atoms with E-state index in [4.69, 9.17) is 16.6 Å². The van der Waals surface area contributed by atoms with E-state index < -0.39 is 10.0 Å². The van der Waals surface area contributed by atoms with E-state index in [9.17, 15) is 8.42 Å². The van der Waals surface area contributed by atoms with Crippen LogP contribution < -0.4 is 9.62 Å². The molecule has 1 aliphatic heterocycles. The van der Waals surface area contributed by atoms with Gasteiger partial charge in [0.1, 0.15) is 0 Å². The highest BCUT2D eigenvalue weighted by Crippen LogP contribution is 2.38. The monoisotopic (exact) mass is 523 g/mol. The summed E-state index contributed by atoms with van der Waals surface area (Å²) < 4.78 is 28.2. The van der Waals surface area contributed by atoms with E-state index >= 15 is 0 Å². The van der Waals surface area contributed by atoms with Crippen molar-refractivity contribution >= 4 is 43.8 Å². The Labute approximate surface area is 215 Å². The maximum Gasteiger partial charge on any atom is 0.264 e. The quantitative estimate of drug-likeness (QED) is 0.301. The molecule has 0 saturated heterocycles. The molecule has 4 aromatic rings. The fraction of sp³-hybridized carbons (Fsp3) is 0.222. The molecule has 35 heavy (non-hydrogen) atoms. The number of rotatable bonds is 7. The molecule has 0 spiro atoms. The van der Waals surface area contributed by atoms with Crippen LogP contribution in [0.1, 0.15) is 21.6 Å². The number of fused-ring (bicyclic) bond motifs is 1. The molecule has 0 radical (unpaired) electrons. The lowest BCUT2D eigenvalue weighted by Crippen LogP contribution is -2.29. The minimum atomic E-state index is -3.60. The number of aryl methyl sites for hydroxylation is 2. The summed E-state index contributed by atoms with van der Waals surface area (Å²) in [6.45, 7) is 5.13. The molecule has 8 heteroatoms. The lowest BCUT2D eigenvalue weighted by Gasteiger charge is -2.21. The fourth-order valence-electron chi connectivity index (χ4n) is 4.44. The van der Waals surface area contributed by atoms with Crippen LogP contribution in [0.2, 0.25) is 5.02 Å². The number of halogens is 1. The smallest absolute Gasteiger partial charge is 0.264 e. The molecule has 0 saturated carbocycles. The zero-order valence-electron chi connectivity index (χ0n) is 19.6. The van der Waals surface area contributed by atoms with Crippen molar-refractivity contribution in [1.29, 1.82) is 0 Å². The van der Waals surface area contributed by atoms with Crippen molar-refractivity contribution in [2.45, 2.75) is 31.6 Å². The van der Waals surface area contributed by atoms with E-state index in [1.165, 1.54) is 9.87 Å². The van der Waals surface area contributed by atoms with Gasteiger partial charge in [-0.2, -0.15) is 0 Å². The Bertz CT molecular complexity index is 1480. The Morgan fingerprint density at radius 1 is 1.06 bits per heavy atom. The van der Waals surface area contributed by atoms with Gasteiger partial charge in [-0.3, -0.25) is 4.31 Å². The zero-order chi connectivity index (χ0) is 24.6. The summed E-state index contributed by atoms with van der Waals surface area (Å²) in [5.41, 5.74) is 5.71. The van der Waals surface area contributed by atoms with E-state index in [1.807, 2.05) is 55.5 Å². The number of hydrogen-bond donors (Lipinski definition) is 1. The van der Waals surface area contributed by atoms with Crippen LogP contribution >= 0.6 is 22.9 Å². The molecule has 0 unspecified atom stereocenters. The van der Waals surface area contributed by atoms with Crippen molar-refractivity contribution in [3.63, 3.8) is 0 Å². The predicted molar refractivity (Wildman–Crippen MR) is 145 cm³/mol. The lowest BCUT2D eigenvalue weighted by atomic mass is 10.1. The van der Waals surface area contributed by atoms with Gasteiger partial charge >= 0.3 is 0 Å². The van der Waals surface area contributed by atoms with Crippen LogP contribution in [-0.4, -0.2) is 26.5 Å². The van der Waals surface area contributed by atoms with Gasteiger partial charge in [-0.15, -0.1) is 11.3 Å². The number of hydrogen-bond acceptors (Lipinski definition) is 5. The van der Waals surface area contributed by atoms with Gasteiger partial charge in [0.15, 0.2) is 5.13 Å². The van der Waals surface area contributed by atoms with E-state index in [0.717, 1.165) is 56.1 Å². The number of sulfonamides is 1. The first-order valence-electron chi connectivity index (χ1n) is 11.5. The first-order chi connectivity index (χ1) is 16.8. The molecule has 0 fully saturated rings. The van der Waals surface area contributed by atoms with Crippen molar-refractivity contribution in [1.82, 2.24) is 4.98 Å². The average Bonchev–Trinajstić information content (AvgIpc) is 3.43. The van der Waals surface area contributed by atoms with Crippen LogP contribution in [0.4, 0.5) is 10.8 Å². The number of thiazole rings is 1. The Morgan fingerprint density at radius 2 is 1.83 bits per heavy atom. The number of nitrogens with zero attached hydrogens (tertiary/aromatic N) is 2. The molecule has 0 bridgehead atoms. The molecular formula is C27H26ClN3O2S2. The summed E-state index contributed by atoms with van der Waals surface area (Å²) in [4.78, 5) is 6.32. The third-order valence-corrected chi connectivity index (χ3v) is 9.42. The molecule has 1 N–H and O–H groups in total. The summed E-state index contributed by atoms with van der Waals surface area (Å²) in [5, 5.41) is 5.06. The van der Waals surface area contributed by atoms with Gasteiger partial charge < -0.3 is 5.32 Å². The average molecular weight is 524 g/mol. The third kappa shape index (κ3) is 4.81. The molecule has 0 aliphatic carbocycles. The Balaban J connectivity index is 1.33. The normalized spacial score (nSPS) is 13.2. The Hall–Kier alpha value is -2.87. The molecule has 3 aromatic carbocycles. The van der Waals surface area contributed by atoms with Gasteiger partial charge in [-0.05, 0) is 73.7 Å². The second-order valence-electron chi connectivity index (χ2n) is 8.66. The molecule has 5 rings (SSSR count). The molecular weight excluding hydrogens is 498 g/mol. The van der Waals surface area contributed by atoms with E-state index in [1.54, 1.807) is 23.5 Å². The van der Waals surface area contributed by atoms with Crippen molar-refractivity contribution in [2.75, 3.05) is 22.7 Å².